The third kappa shape index (κ3) is 3.57. The minimum atomic E-state index is -0.0421. The maximum atomic E-state index is 12.3. The normalized spacial score (nSPS) is 24.2. The fourth-order valence-electron chi connectivity index (χ4n) is 4.38. The van der Waals surface area contributed by atoms with Gasteiger partial charge in [-0.1, -0.05) is 25.3 Å². The maximum absolute atomic E-state index is 12.3. The molecule has 4 nitrogen and oxygen atoms in total. The van der Waals surface area contributed by atoms with Crippen molar-refractivity contribution in [2.45, 2.75) is 52.0 Å². The highest BCUT2D eigenvalue weighted by molar-refractivity contribution is 5.92. The van der Waals surface area contributed by atoms with Crippen molar-refractivity contribution < 1.29 is 4.79 Å². The van der Waals surface area contributed by atoms with E-state index in [9.17, 15) is 4.79 Å². The lowest BCUT2D eigenvalue weighted by Gasteiger charge is -2.38. The highest BCUT2D eigenvalue weighted by atomic mass is 16.1. The van der Waals surface area contributed by atoms with Gasteiger partial charge in [0.1, 0.15) is 5.69 Å². The molecule has 23 heavy (non-hydrogen) atoms. The van der Waals surface area contributed by atoms with Crippen molar-refractivity contribution in [3.05, 3.63) is 30.1 Å². The average molecular weight is 315 g/mol. The van der Waals surface area contributed by atoms with Crippen LogP contribution in [0.2, 0.25) is 0 Å². The predicted molar refractivity (Wildman–Crippen MR) is 92.3 cm³/mol. The van der Waals surface area contributed by atoms with Crippen molar-refractivity contribution in [3.63, 3.8) is 0 Å². The molecule has 1 aromatic rings. The van der Waals surface area contributed by atoms with E-state index in [4.69, 9.17) is 0 Å². The molecule has 2 aliphatic rings. The number of pyridine rings is 1. The van der Waals surface area contributed by atoms with Crippen LogP contribution in [0.3, 0.4) is 0 Å². The van der Waals surface area contributed by atoms with Gasteiger partial charge < -0.3 is 10.2 Å². The van der Waals surface area contributed by atoms with E-state index < -0.39 is 0 Å². The Balaban J connectivity index is 1.66. The van der Waals surface area contributed by atoms with Crippen molar-refractivity contribution in [2.24, 2.45) is 11.3 Å². The van der Waals surface area contributed by atoms with Crippen LogP contribution in [0, 0.1) is 11.3 Å². The molecule has 3 rings (SSSR count). The van der Waals surface area contributed by atoms with E-state index in [1.807, 2.05) is 12.1 Å². The lowest BCUT2D eigenvalue weighted by molar-refractivity contribution is 0.0910. The SMILES string of the molecule is CC(C)N1CC(CNC(=O)c2ccccn2)C2(CCCCC2)C1. The van der Waals surface area contributed by atoms with Crippen molar-refractivity contribution >= 4 is 5.91 Å². The molecule has 126 valence electrons. The Bertz CT molecular complexity index is 523. The van der Waals surface area contributed by atoms with Gasteiger partial charge in [0, 0.05) is 31.9 Å². The zero-order valence-electron chi connectivity index (χ0n) is 14.4. The Labute approximate surface area is 139 Å². The molecule has 1 aromatic heterocycles. The second-order valence-electron chi connectivity index (χ2n) is 7.57. The molecule has 0 aromatic carbocycles. The largest absolute Gasteiger partial charge is 0.350 e. The van der Waals surface area contributed by atoms with Crippen LogP contribution < -0.4 is 5.32 Å². The topological polar surface area (TPSA) is 45.2 Å². The molecule has 0 radical (unpaired) electrons. The fraction of sp³-hybridized carbons (Fsp3) is 0.684. The zero-order chi connectivity index (χ0) is 16.3. The molecule has 1 amide bonds. The van der Waals surface area contributed by atoms with E-state index >= 15 is 0 Å². The fourth-order valence-corrected chi connectivity index (χ4v) is 4.38. The van der Waals surface area contributed by atoms with Crippen LogP contribution in [0.4, 0.5) is 0 Å². The van der Waals surface area contributed by atoms with Gasteiger partial charge >= 0.3 is 0 Å². The first-order valence-electron chi connectivity index (χ1n) is 9.04. The minimum absolute atomic E-state index is 0.0421. The highest BCUT2D eigenvalue weighted by Gasteiger charge is 2.47. The number of carbonyl (C=O) groups excluding carboxylic acids is 1. The Kier molecular flexibility index (Phi) is 5.00. The quantitative estimate of drug-likeness (QED) is 0.928. The lowest BCUT2D eigenvalue weighted by atomic mass is 9.67. The van der Waals surface area contributed by atoms with Crippen molar-refractivity contribution in [2.75, 3.05) is 19.6 Å². The summed E-state index contributed by atoms with van der Waals surface area (Å²) in [4.78, 5) is 19.0. The van der Waals surface area contributed by atoms with E-state index in [0.29, 0.717) is 23.1 Å². The van der Waals surface area contributed by atoms with Gasteiger partial charge in [-0.05, 0) is 50.2 Å². The number of carbonyl (C=O) groups is 1. The molecule has 1 aliphatic carbocycles. The van der Waals surface area contributed by atoms with E-state index in [-0.39, 0.29) is 5.91 Å². The van der Waals surface area contributed by atoms with Crippen molar-refractivity contribution in [3.8, 4) is 0 Å². The number of rotatable bonds is 4. The standard InChI is InChI=1S/C19H29N3O/c1-15(2)22-13-16(19(14-22)9-5-3-6-10-19)12-21-18(23)17-8-4-7-11-20-17/h4,7-8,11,15-16H,3,5-6,9-10,12-14H2,1-2H3,(H,21,23). The molecule has 1 saturated heterocycles. The van der Waals surface area contributed by atoms with Crippen LogP contribution in [0.1, 0.15) is 56.4 Å². The van der Waals surface area contributed by atoms with Gasteiger partial charge in [-0.15, -0.1) is 0 Å². The summed E-state index contributed by atoms with van der Waals surface area (Å²) in [6.45, 7) is 7.66. The van der Waals surface area contributed by atoms with Gasteiger partial charge in [-0.2, -0.15) is 0 Å². The summed E-state index contributed by atoms with van der Waals surface area (Å²) in [5.41, 5.74) is 0.934. The molecule has 1 aliphatic heterocycles. The van der Waals surface area contributed by atoms with Crippen LogP contribution in [0.15, 0.2) is 24.4 Å². The molecular weight excluding hydrogens is 286 g/mol. The van der Waals surface area contributed by atoms with Crippen LogP contribution >= 0.6 is 0 Å². The minimum Gasteiger partial charge on any atom is -0.350 e. The molecule has 1 saturated carbocycles. The van der Waals surface area contributed by atoms with Crippen molar-refractivity contribution in [1.29, 1.82) is 0 Å². The Hall–Kier alpha value is -1.42. The monoisotopic (exact) mass is 315 g/mol. The molecule has 1 atom stereocenters. The number of aromatic nitrogens is 1. The highest BCUT2D eigenvalue weighted by Crippen LogP contribution is 2.47. The number of nitrogens with zero attached hydrogens (tertiary/aromatic N) is 2. The van der Waals surface area contributed by atoms with E-state index in [1.54, 1.807) is 12.3 Å². The maximum Gasteiger partial charge on any atom is 0.269 e. The third-order valence-electron chi connectivity index (χ3n) is 5.83. The van der Waals surface area contributed by atoms with E-state index in [1.165, 1.54) is 38.6 Å². The van der Waals surface area contributed by atoms with E-state index in [0.717, 1.165) is 13.1 Å². The number of hydrogen-bond acceptors (Lipinski definition) is 3. The van der Waals surface area contributed by atoms with Crippen molar-refractivity contribution in [1.82, 2.24) is 15.2 Å². The molecule has 2 fully saturated rings. The second kappa shape index (κ2) is 7.00. The van der Waals surface area contributed by atoms with Crippen LogP contribution in [-0.4, -0.2) is 41.5 Å². The number of hydrogen-bond donors (Lipinski definition) is 1. The number of amides is 1. The Morgan fingerprint density at radius 2 is 2.13 bits per heavy atom. The second-order valence-corrected chi connectivity index (χ2v) is 7.57. The first kappa shape index (κ1) is 16.4. The number of likely N-dealkylation sites (tertiary alicyclic amines) is 1. The summed E-state index contributed by atoms with van der Waals surface area (Å²) >= 11 is 0. The third-order valence-corrected chi connectivity index (χ3v) is 5.83. The molecule has 1 N–H and O–H groups in total. The number of nitrogens with one attached hydrogen (secondary N) is 1. The first-order chi connectivity index (χ1) is 11.1. The molecule has 1 unspecified atom stereocenters. The van der Waals surface area contributed by atoms with Crippen LogP contribution in [-0.2, 0) is 0 Å². The summed E-state index contributed by atoms with van der Waals surface area (Å²) in [5, 5.41) is 3.14. The smallest absolute Gasteiger partial charge is 0.269 e. The molecule has 1 spiro atoms. The summed E-state index contributed by atoms with van der Waals surface area (Å²) in [6.07, 6.45) is 8.37. The Morgan fingerprint density at radius 3 is 2.78 bits per heavy atom. The van der Waals surface area contributed by atoms with Gasteiger partial charge in [0.25, 0.3) is 5.91 Å². The summed E-state index contributed by atoms with van der Waals surface area (Å²) in [7, 11) is 0. The average Bonchev–Trinajstić information content (AvgIpc) is 2.92. The summed E-state index contributed by atoms with van der Waals surface area (Å²) in [5.74, 6) is 0.525. The molecular formula is C19H29N3O. The zero-order valence-corrected chi connectivity index (χ0v) is 14.4. The predicted octanol–water partition coefficient (Wildman–Crippen LogP) is 3.10. The van der Waals surface area contributed by atoms with Gasteiger partial charge in [0.2, 0.25) is 0 Å². The summed E-state index contributed by atoms with van der Waals surface area (Å²) < 4.78 is 0. The Morgan fingerprint density at radius 1 is 1.35 bits per heavy atom. The first-order valence-corrected chi connectivity index (χ1v) is 9.04. The van der Waals surface area contributed by atoms with Gasteiger partial charge in [-0.25, -0.2) is 0 Å². The van der Waals surface area contributed by atoms with E-state index in [2.05, 4.69) is 29.0 Å². The van der Waals surface area contributed by atoms with Gasteiger partial charge in [0.05, 0.1) is 0 Å². The van der Waals surface area contributed by atoms with Crippen LogP contribution in [0.25, 0.3) is 0 Å². The van der Waals surface area contributed by atoms with Gasteiger partial charge in [0.15, 0.2) is 0 Å². The molecule has 0 bridgehead atoms. The lowest BCUT2D eigenvalue weighted by Crippen LogP contribution is -2.40. The summed E-state index contributed by atoms with van der Waals surface area (Å²) in [6, 6.07) is 6.07. The molecule has 4 heteroatoms. The molecule has 2 heterocycles. The van der Waals surface area contributed by atoms with Gasteiger partial charge in [-0.3, -0.25) is 9.78 Å². The van der Waals surface area contributed by atoms with Crippen LogP contribution in [0.5, 0.6) is 0 Å².